The quantitative estimate of drug-likeness (QED) is 0.760. The molecule has 0 spiro atoms. The first-order valence-corrected chi connectivity index (χ1v) is 8.69. The molecular formula is C12H20N2O3S2. The van der Waals surface area contributed by atoms with Gasteiger partial charge in [-0.05, 0) is 36.8 Å². The molecule has 19 heavy (non-hydrogen) atoms. The maximum absolute atomic E-state index is 12.1. The molecule has 2 rings (SSSR count). The largest absolute Gasteiger partial charge is 0.383 e. The molecule has 1 unspecified atom stereocenters. The summed E-state index contributed by atoms with van der Waals surface area (Å²) in [7, 11) is -1.87. The number of rotatable bonds is 8. The van der Waals surface area contributed by atoms with Crippen molar-refractivity contribution in [2.24, 2.45) is 0 Å². The molecule has 1 atom stereocenters. The Balaban J connectivity index is 1.95. The number of methoxy groups -OCH3 is 1. The number of hydrogen-bond donors (Lipinski definition) is 2. The highest BCUT2D eigenvalue weighted by Gasteiger charge is 2.22. The third-order valence-corrected chi connectivity index (χ3v) is 5.92. The summed E-state index contributed by atoms with van der Waals surface area (Å²) in [4.78, 5) is 0. The average molecular weight is 304 g/mol. The van der Waals surface area contributed by atoms with Crippen molar-refractivity contribution in [2.75, 3.05) is 13.7 Å². The molecule has 1 aromatic heterocycles. The van der Waals surface area contributed by atoms with Gasteiger partial charge in [0.15, 0.2) is 0 Å². The lowest BCUT2D eigenvalue weighted by molar-refractivity contribution is 0.180. The fraction of sp³-hybridized carbons (Fsp3) is 0.667. The summed E-state index contributed by atoms with van der Waals surface area (Å²) in [6.07, 6.45) is 2.46. The number of sulfonamides is 1. The molecule has 108 valence electrons. The Morgan fingerprint density at radius 2 is 2.26 bits per heavy atom. The minimum atomic E-state index is -3.42. The topological polar surface area (TPSA) is 67.4 Å². The molecule has 0 bridgehead atoms. The monoisotopic (exact) mass is 304 g/mol. The van der Waals surface area contributed by atoms with Gasteiger partial charge in [0.1, 0.15) is 4.21 Å². The third kappa shape index (κ3) is 4.54. The van der Waals surface area contributed by atoms with Gasteiger partial charge in [-0.15, -0.1) is 11.3 Å². The normalized spacial score (nSPS) is 17.6. The Bertz CT molecular complexity index is 509. The molecule has 0 amide bonds. The van der Waals surface area contributed by atoms with E-state index < -0.39 is 10.0 Å². The van der Waals surface area contributed by atoms with Crippen LogP contribution >= 0.6 is 11.3 Å². The van der Waals surface area contributed by atoms with Crippen molar-refractivity contribution in [1.82, 2.24) is 10.0 Å². The molecule has 5 nitrogen and oxygen atoms in total. The molecule has 1 heterocycles. The molecule has 0 saturated heterocycles. The molecule has 1 aliphatic carbocycles. The van der Waals surface area contributed by atoms with Gasteiger partial charge in [0.2, 0.25) is 10.0 Å². The van der Waals surface area contributed by atoms with E-state index in [1.54, 1.807) is 20.1 Å². The van der Waals surface area contributed by atoms with Gasteiger partial charge < -0.3 is 10.1 Å². The van der Waals surface area contributed by atoms with E-state index in [9.17, 15) is 8.42 Å². The lowest BCUT2D eigenvalue weighted by atomic mass is 10.3. The van der Waals surface area contributed by atoms with E-state index in [2.05, 4.69) is 10.0 Å². The van der Waals surface area contributed by atoms with E-state index in [0.717, 1.165) is 12.1 Å². The molecule has 2 N–H and O–H groups in total. The summed E-state index contributed by atoms with van der Waals surface area (Å²) in [6.45, 7) is 2.88. The summed E-state index contributed by atoms with van der Waals surface area (Å²) in [5, 5.41) is 5.26. The number of thiophene rings is 1. The summed E-state index contributed by atoms with van der Waals surface area (Å²) < 4.78 is 32.1. The van der Waals surface area contributed by atoms with E-state index in [0.29, 0.717) is 16.9 Å². The lowest BCUT2D eigenvalue weighted by Gasteiger charge is -2.11. The standard InChI is InChI=1S/C12H20N2O3S2/c1-9(7-17-2)14-19(15,16)12-5-10(8-18-12)6-13-11-3-4-11/h5,8-9,11,13-14H,3-4,6-7H2,1-2H3. The van der Waals surface area contributed by atoms with Crippen LogP contribution in [0.2, 0.25) is 0 Å². The highest BCUT2D eigenvalue weighted by molar-refractivity contribution is 7.91. The van der Waals surface area contributed by atoms with Crippen LogP contribution in [0.5, 0.6) is 0 Å². The predicted octanol–water partition coefficient (Wildman–Crippen LogP) is 1.31. The second-order valence-electron chi connectivity index (χ2n) is 4.91. The summed E-state index contributed by atoms with van der Waals surface area (Å²) in [5.41, 5.74) is 1.02. The second kappa shape index (κ2) is 6.32. The minimum Gasteiger partial charge on any atom is -0.383 e. The summed E-state index contributed by atoms with van der Waals surface area (Å²) >= 11 is 1.26. The Labute approximate surface area is 118 Å². The Hall–Kier alpha value is -0.470. The zero-order valence-corrected chi connectivity index (χ0v) is 12.8. The van der Waals surface area contributed by atoms with Crippen LogP contribution in [0, 0.1) is 0 Å². The van der Waals surface area contributed by atoms with Gasteiger partial charge >= 0.3 is 0 Å². The Kier molecular flexibility index (Phi) is 4.97. The third-order valence-electron chi connectivity index (χ3n) is 2.84. The number of hydrogen-bond acceptors (Lipinski definition) is 5. The van der Waals surface area contributed by atoms with Crippen molar-refractivity contribution in [3.8, 4) is 0 Å². The van der Waals surface area contributed by atoms with Crippen LogP contribution < -0.4 is 10.0 Å². The van der Waals surface area contributed by atoms with Crippen molar-refractivity contribution in [3.63, 3.8) is 0 Å². The van der Waals surface area contributed by atoms with Crippen LogP contribution in [-0.2, 0) is 21.3 Å². The fourth-order valence-electron chi connectivity index (χ4n) is 1.74. The smallest absolute Gasteiger partial charge is 0.250 e. The maximum Gasteiger partial charge on any atom is 0.250 e. The molecule has 0 aliphatic heterocycles. The average Bonchev–Trinajstić information content (AvgIpc) is 3.02. The molecule has 0 aromatic carbocycles. The maximum atomic E-state index is 12.1. The van der Waals surface area contributed by atoms with Crippen molar-refractivity contribution in [3.05, 3.63) is 17.0 Å². The van der Waals surface area contributed by atoms with Crippen molar-refractivity contribution in [1.29, 1.82) is 0 Å². The predicted molar refractivity (Wildman–Crippen MR) is 75.8 cm³/mol. The second-order valence-corrected chi connectivity index (χ2v) is 7.76. The van der Waals surface area contributed by atoms with Gasteiger partial charge in [0.05, 0.1) is 6.61 Å². The zero-order chi connectivity index (χ0) is 13.9. The molecule has 1 saturated carbocycles. The first-order valence-electron chi connectivity index (χ1n) is 6.33. The Morgan fingerprint density at radius 3 is 2.89 bits per heavy atom. The van der Waals surface area contributed by atoms with E-state index in [4.69, 9.17) is 4.74 Å². The lowest BCUT2D eigenvalue weighted by Crippen LogP contribution is -2.35. The van der Waals surface area contributed by atoms with Gasteiger partial charge in [-0.25, -0.2) is 13.1 Å². The van der Waals surface area contributed by atoms with E-state index in [1.807, 2.05) is 5.38 Å². The van der Waals surface area contributed by atoms with Gasteiger partial charge in [-0.1, -0.05) is 0 Å². The van der Waals surface area contributed by atoms with Crippen LogP contribution in [0.3, 0.4) is 0 Å². The highest BCUT2D eigenvalue weighted by Crippen LogP contribution is 2.23. The van der Waals surface area contributed by atoms with Gasteiger partial charge in [-0.2, -0.15) is 0 Å². The van der Waals surface area contributed by atoms with E-state index in [-0.39, 0.29) is 6.04 Å². The molecular weight excluding hydrogens is 284 g/mol. The van der Waals surface area contributed by atoms with Crippen LogP contribution in [-0.4, -0.2) is 34.2 Å². The van der Waals surface area contributed by atoms with E-state index in [1.165, 1.54) is 24.2 Å². The fourth-order valence-corrected chi connectivity index (χ4v) is 4.20. The first kappa shape index (κ1) is 14.9. The SMILES string of the molecule is COCC(C)NS(=O)(=O)c1cc(CNC2CC2)cs1. The van der Waals surface area contributed by atoms with Crippen LogP contribution in [0.1, 0.15) is 25.3 Å². The zero-order valence-electron chi connectivity index (χ0n) is 11.2. The molecule has 0 radical (unpaired) electrons. The summed E-state index contributed by atoms with van der Waals surface area (Å²) in [5.74, 6) is 0. The molecule has 1 aromatic rings. The minimum absolute atomic E-state index is 0.231. The van der Waals surface area contributed by atoms with Crippen LogP contribution in [0.25, 0.3) is 0 Å². The van der Waals surface area contributed by atoms with Crippen LogP contribution in [0.4, 0.5) is 0 Å². The van der Waals surface area contributed by atoms with Gasteiger partial charge in [0, 0.05) is 25.7 Å². The number of ether oxygens (including phenoxy) is 1. The highest BCUT2D eigenvalue weighted by atomic mass is 32.2. The molecule has 7 heteroatoms. The number of nitrogens with one attached hydrogen (secondary N) is 2. The van der Waals surface area contributed by atoms with E-state index >= 15 is 0 Å². The van der Waals surface area contributed by atoms with Gasteiger partial charge in [0.25, 0.3) is 0 Å². The van der Waals surface area contributed by atoms with Crippen molar-refractivity contribution in [2.45, 2.75) is 42.6 Å². The van der Waals surface area contributed by atoms with Crippen LogP contribution in [0.15, 0.2) is 15.7 Å². The molecule has 1 aliphatic rings. The first-order chi connectivity index (χ1) is 9.01. The summed E-state index contributed by atoms with van der Waals surface area (Å²) in [6, 6.07) is 2.13. The van der Waals surface area contributed by atoms with Gasteiger partial charge in [-0.3, -0.25) is 0 Å². The molecule has 1 fully saturated rings. The van der Waals surface area contributed by atoms with Crippen molar-refractivity contribution >= 4 is 21.4 Å². The Morgan fingerprint density at radius 1 is 1.53 bits per heavy atom. The van der Waals surface area contributed by atoms with Crippen molar-refractivity contribution < 1.29 is 13.2 Å².